The van der Waals surface area contributed by atoms with Gasteiger partial charge < -0.3 is 9.84 Å². The van der Waals surface area contributed by atoms with Gasteiger partial charge in [-0.05, 0) is 19.8 Å². The van der Waals surface area contributed by atoms with Gasteiger partial charge in [0.1, 0.15) is 10.6 Å². The predicted molar refractivity (Wildman–Crippen MR) is 65.9 cm³/mol. The number of nitrogens with zero attached hydrogens (tertiary/aromatic N) is 2. The normalized spacial score (nSPS) is 27.9. The van der Waals surface area contributed by atoms with Crippen molar-refractivity contribution in [2.45, 2.75) is 43.5 Å². The molecule has 2 saturated heterocycles. The van der Waals surface area contributed by atoms with Gasteiger partial charge in [0.25, 0.3) is 0 Å². The van der Waals surface area contributed by atoms with E-state index >= 15 is 0 Å². The molecule has 3 heterocycles. The largest absolute Gasteiger partial charge is 0.390 e. The zero-order valence-electron chi connectivity index (χ0n) is 10.7. The van der Waals surface area contributed by atoms with Crippen molar-refractivity contribution in [2.24, 2.45) is 0 Å². The third-order valence-corrected chi connectivity index (χ3v) is 5.75. The molecule has 106 valence electrons. The van der Waals surface area contributed by atoms with E-state index in [1.807, 2.05) is 0 Å². The minimum absolute atomic E-state index is 0.00157. The van der Waals surface area contributed by atoms with Crippen molar-refractivity contribution in [3.63, 3.8) is 0 Å². The monoisotopic (exact) mass is 287 g/mol. The fourth-order valence-corrected chi connectivity index (χ4v) is 4.65. The van der Waals surface area contributed by atoms with Crippen molar-refractivity contribution in [1.82, 2.24) is 14.5 Å². The van der Waals surface area contributed by atoms with E-state index in [0.29, 0.717) is 18.8 Å². The molecule has 2 fully saturated rings. The number of aryl methyl sites for hydroxylation is 1. The van der Waals surface area contributed by atoms with Crippen molar-refractivity contribution in [1.29, 1.82) is 0 Å². The standard InChI is InChI=1S/C11H17N3O4S/c1-7-11(10(6-15)13-12-7)19(16,17)14-4-8-2-3-9(5-14)18-8/h8-9,15H,2-6H2,1H3,(H,12,13). The maximum atomic E-state index is 12.7. The Morgan fingerprint density at radius 2 is 2.05 bits per heavy atom. The zero-order chi connectivity index (χ0) is 13.6. The number of H-pyrrole nitrogens is 1. The zero-order valence-corrected chi connectivity index (χ0v) is 11.5. The van der Waals surface area contributed by atoms with Gasteiger partial charge in [0.05, 0.1) is 24.5 Å². The van der Waals surface area contributed by atoms with Crippen LogP contribution in [0.5, 0.6) is 0 Å². The molecular formula is C11H17N3O4S. The number of ether oxygens (including phenoxy) is 1. The molecule has 2 aliphatic rings. The first-order valence-corrected chi connectivity index (χ1v) is 7.76. The van der Waals surface area contributed by atoms with Crippen LogP contribution in [-0.4, -0.2) is 53.3 Å². The molecule has 0 amide bonds. The summed E-state index contributed by atoms with van der Waals surface area (Å²) in [4.78, 5) is 0.108. The molecule has 0 radical (unpaired) electrons. The number of aliphatic hydroxyl groups is 1. The molecule has 2 aliphatic heterocycles. The van der Waals surface area contributed by atoms with E-state index in [0.717, 1.165) is 12.8 Å². The van der Waals surface area contributed by atoms with E-state index in [2.05, 4.69) is 10.2 Å². The van der Waals surface area contributed by atoms with Crippen LogP contribution < -0.4 is 0 Å². The number of fused-ring (bicyclic) bond motifs is 2. The number of aromatic amines is 1. The lowest BCUT2D eigenvalue weighted by atomic mass is 10.2. The summed E-state index contributed by atoms with van der Waals surface area (Å²) in [5.41, 5.74) is 0.638. The minimum atomic E-state index is -3.62. The van der Waals surface area contributed by atoms with Gasteiger partial charge in [0.15, 0.2) is 0 Å². The van der Waals surface area contributed by atoms with E-state index in [-0.39, 0.29) is 22.8 Å². The summed E-state index contributed by atoms with van der Waals surface area (Å²) in [5.74, 6) is 0. The van der Waals surface area contributed by atoms with Crippen molar-refractivity contribution in [3.8, 4) is 0 Å². The SMILES string of the molecule is Cc1[nH]nc(CO)c1S(=O)(=O)N1CC2CCC(C1)O2. The molecule has 19 heavy (non-hydrogen) atoms. The Morgan fingerprint density at radius 3 is 2.63 bits per heavy atom. The van der Waals surface area contributed by atoms with Crippen LogP contribution in [0.25, 0.3) is 0 Å². The van der Waals surface area contributed by atoms with Gasteiger partial charge in [-0.25, -0.2) is 8.42 Å². The summed E-state index contributed by atoms with van der Waals surface area (Å²) in [6, 6.07) is 0. The van der Waals surface area contributed by atoms with Gasteiger partial charge in [0.2, 0.25) is 10.0 Å². The number of aliphatic hydroxyl groups excluding tert-OH is 1. The topological polar surface area (TPSA) is 95.5 Å². The second kappa shape index (κ2) is 4.55. The van der Waals surface area contributed by atoms with E-state index in [9.17, 15) is 13.5 Å². The highest BCUT2D eigenvalue weighted by Gasteiger charge is 2.41. The Labute approximate surface area is 111 Å². The Balaban J connectivity index is 1.96. The van der Waals surface area contributed by atoms with Crippen molar-refractivity contribution in [2.75, 3.05) is 13.1 Å². The summed E-state index contributed by atoms with van der Waals surface area (Å²) in [7, 11) is -3.62. The molecule has 7 nitrogen and oxygen atoms in total. The van der Waals surface area contributed by atoms with Crippen molar-refractivity contribution >= 4 is 10.0 Å². The second-order valence-corrected chi connectivity index (χ2v) is 6.94. The molecule has 2 N–H and O–H groups in total. The fraction of sp³-hybridized carbons (Fsp3) is 0.727. The van der Waals surface area contributed by atoms with Gasteiger partial charge in [0, 0.05) is 13.1 Å². The lowest BCUT2D eigenvalue weighted by Gasteiger charge is -2.31. The first kappa shape index (κ1) is 13.0. The van der Waals surface area contributed by atoms with E-state index in [1.54, 1.807) is 6.92 Å². The maximum absolute atomic E-state index is 12.7. The van der Waals surface area contributed by atoms with Crippen molar-refractivity contribution in [3.05, 3.63) is 11.4 Å². The molecular weight excluding hydrogens is 270 g/mol. The van der Waals surface area contributed by atoms with Gasteiger partial charge in [-0.15, -0.1) is 0 Å². The number of morpholine rings is 1. The molecule has 1 aromatic heterocycles. The lowest BCUT2D eigenvalue weighted by molar-refractivity contribution is -0.0115. The minimum Gasteiger partial charge on any atom is -0.390 e. The number of rotatable bonds is 3. The van der Waals surface area contributed by atoms with E-state index in [4.69, 9.17) is 4.74 Å². The van der Waals surface area contributed by atoms with Crippen LogP contribution in [0.2, 0.25) is 0 Å². The Morgan fingerprint density at radius 1 is 1.42 bits per heavy atom. The summed E-state index contributed by atoms with van der Waals surface area (Å²) in [6.45, 7) is 2.02. The van der Waals surface area contributed by atoms with Gasteiger partial charge in [-0.3, -0.25) is 5.10 Å². The van der Waals surface area contributed by atoms with Crippen LogP contribution >= 0.6 is 0 Å². The molecule has 2 bridgehead atoms. The van der Waals surface area contributed by atoms with Crippen LogP contribution in [0, 0.1) is 6.92 Å². The molecule has 2 atom stereocenters. The van der Waals surface area contributed by atoms with Gasteiger partial charge in [-0.1, -0.05) is 0 Å². The Bertz CT molecular complexity index is 571. The summed E-state index contributed by atoms with van der Waals surface area (Å²) < 4.78 is 32.4. The Hall–Kier alpha value is -0.960. The van der Waals surface area contributed by atoms with Crippen LogP contribution in [0.4, 0.5) is 0 Å². The maximum Gasteiger partial charge on any atom is 0.247 e. The third kappa shape index (κ3) is 2.08. The number of hydrogen-bond acceptors (Lipinski definition) is 5. The highest BCUT2D eigenvalue weighted by atomic mass is 32.2. The Kier molecular flexibility index (Phi) is 3.12. The van der Waals surface area contributed by atoms with Crippen LogP contribution in [0.1, 0.15) is 24.2 Å². The molecule has 2 unspecified atom stereocenters. The summed E-state index contributed by atoms with van der Waals surface area (Å²) in [6.07, 6.45) is 1.82. The number of nitrogens with one attached hydrogen (secondary N) is 1. The average Bonchev–Trinajstić information content (AvgIpc) is 2.92. The summed E-state index contributed by atoms with van der Waals surface area (Å²) >= 11 is 0. The van der Waals surface area contributed by atoms with E-state index in [1.165, 1.54) is 4.31 Å². The molecule has 1 aromatic rings. The average molecular weight is 287 g/mol. The quantitative estimate of drug-likeness (QED) is 0.800. The third-order valence-electron chi connectivity index (χ3n) is 3.72. The lowest BCUT2D eigenvalue weighted by Crippen LogP contribution is -2.46. The fourth-order valence-electron chi connectivity index (χ4n) is 2.82. The van der Waals surface area contributed by atoms with Crippen LogP contribution in [0.15, 0.2) is 4.90 Å². The highest BCUT2D eigenvalue weighted by molar-refractivity contribution is 7.89. The van der Waals surface area contributed by atoms with E-state index < -0.39 is 16.6 Å². The number of sulfonamides is 1. The molecule has 8 heteroatoms. The molecule has 0 spiro atoms. The first-order valence-electron chi connectivity index (χ1n) is 6.32. The molecule has 0 aromatic carbocycles. The molecule has 3 rings (SSSR count). The number of aromatic nitrogens is 2. The predicted octanol–water partition coefficient (Wildman–Crippen LogP) is -0.238. The van der Waals surface area contributed by atoms with Gasteiger partial charge >= 0.3 is 0 Å². The second-order valence-electron chi connectivity index (χ2n) is 5.06. The number of hydrogen-bond donors (Lipinski definition) is 2. The van der Waals surface area contributed by atoms with Crippen LogP contribution in [0.3, 0.4) is 0 Å². The van der Waals surface area contributed by atoms with Crippen LogP contribution in [-0.2, 0) is 21.4 Å². The smallest absolute Gasteiger partial charge is 0.247 e. The van der Waals surface area contributed by atoms with Gasteiger partial charge in [-0.2, -0.15) is 9.40 Å². The first-order chi connectivity index (χ1) is 9.02. The molecule has 0 aliphatic carbocycles. The highest BCUT2D eigenvalue weighted by Crippen LogP contribution is 2.31. The molecule has 0 saturated carbocycles. The summed E-state index contributed by atoms with van der Waals surface area (Å²) in [5, 5.41) is 15.7. The van der Waals surface area contributed by atoms with Crippen molar-refractivity contribution < 1.29 is 18.3 Å².